The van der Waals surface area contributed by atoms with Gasteiger partial charge in [-0.1, -0.05) is 29.8 Å². The van der Waals surface area contributed by atoms with Crippen molar-refractivity contribution in [3.05, 3.63) is 65.2 Å². The summed E-state index contributed by atoms with van der Waals surface area (Å²) in [6, 6.07) is 15.1. The van der Waals surface area contributed by atoms with E-state index in [1.165, 1.54) is 0 Å². The van der Waals surface area contributed by atoms with Gasteiger partial charge in [0, 0.05) is 17.2 Å². The smallest absolute Gasteiger partial charge is 0.251 e. The lowest BCUT2D eigenvalue weighted by molar-refractivity contribution is -0.117. The van der Waals surface area contributed by atoms with Crippen molar-refractivity contribution in [3.8, 4) is 0 Å². The molecule has 24 heavy (non-hydrogen) atoms. The van der Waals surface area contributed by atoms with Crippen LogP contribution >= 0.6 is 0 Å². The quantitative estimate of drug-likeness (QED) is 0.879. The normalized spacial score (nSPS) is 14.8. The molecule has 0 bridgehead atoms. The lowest BCUT2D eigenvalue weighted by Crippen LogP contribution is -2.26. The fourth-order valence-electron chi connectivity index (χ4n) is 2.59. The van der Waals surface area contributed by atoms with Crippen LogP contribution in [0.2, 0.25) is 0 Å². The summed E-state index contributed by atoms with van der Waals surface area (Å²) in [7, 11) is 0. The number of hydrogen-bond donors (Lipinski definition) is 2. The number of nitrogens with one attached hydrogen (secondary N) is 2. The molecule has 0 radical (unpaired) electrons. The van der Waals surface area contributed by atoms with Gasteiger partial charge in [-0.25, -0.2) is 0 Å². The number of carbonyl (C=O) groups is 2. The third-order valence-electron chi connectivity index (χ3n) is 4.25. The lowest BCUT2D eigenvalue weighted by atomic mass is 10.1. The molecular formula is C20H22N2O2. The van der Waals surface area contributed by atoms with Gasteiger partial charge < -0.3 is 10.6 Å². The minimum absolute atomic E-state index is 0.0858. The van der Waals surface area contributed by atoms with Gasteiger partial charge >= 0.3 is 0 Å². The Hall–Kier alpha value is -2.62. The van der Waals surface area contributed by atoms with Crippen LogP contribution in [0, 0.1) is 12.8 Å². The maximum absolute atomic E-state index is 12.3. The van der Waals surface area contributed by atoms with E-state index in [0.717, 1.165) is 29.7 Å². The summed E-state index contributed by atoms with van der Waals surface area (Å²) in [6.45, 7) is 3.92. The Kier molecular flexibility index (Phi) is 4.65. The Morgan fingerprint density at radius 3 is 2.42 bits per heavy atom. The molecule has 0 aromatic heterocycles. The average Bonchev–Trinajstić information content (AvgIpc) is 3.40. The highest BCUT2D eigenvalue weighted by Gasteiger charge is 2.29. The first-order valence-electron chi connectivity index (χ1n) is 8.31. The number of aryl methyl sites for hydroxylation is 1. The summed E-state index contributed by atoms with van der Waals surface area (Å²) in [5.41, 5.74) is 3.52. The third-order valence-corrected chi connectivity index (χ3v) is 4.25. The van der Waals surface area contributed by atoms with Crippen LogP contribution in [0.25, 0.3) is 0 Å². The van der Waals surface area contributed by atoms with Gasteiger partial charge in [0.25, 0.3) is 5.91 Å². The molecule has 1 aliphatic rings. The zero-order valence-corrected chi connectivity index (χ0v) is 14.0. The minimum atomic E-state index is -0.105. The van der Waals surface area contributed by atoms with Gasteiger partial charge in [0.05, 0.1) is 6.04 Å². The van der Waals surface area contributed by atoms with Gasteiger partial charge in [-0.05, 0) is 56.5 Å². The topological polar surface area (TPSA) is 58.2 Å². The average molecular weight is 322 g/mol. The molecule has 124 valence electrons. The van der Waals surface area contributed by atoms with Gasteiger partial charge in [0.1, 0.15) is 0 Å². The van der Waals surface area contributed by atoms with Crippen molar-refractivity contribution in [1.82, 2.24) is 5.32 Å². The number of anilines is 1. The Morgan fingerprint density at radius 2 is 1.79 bits per heavy atom. The molecule has 0 aliphatic heterocycles. The van der Waals surface area contributed by atoms with E-state index in [4.69, 9.17) is 0 Å². The van der Waals surface area contributed by atoms with Gasteiger partial charge in [-0.2, -0.15) is 0 Å². The maximum atomic E-state index is 12.3. The van der Waals surface area contributed by atoms with E-state index < -0.39 is 0 Å². The molecule has 2 N–H and O–H groups in total. The molecule has 4 nitrogen and oxygen atoms in total. The van der Waals surface area contributed by atoms with Crippen LogP contribution in [0.4, 0.5) is 5.69 Å². The molecule has 1 unspecified atom stereocenters. The van der Waals surface area contributed by atoms with Gasteiger partial charge in [-0.3, -0.25) is 9.59 Å². The predicted octanol–water partition coefficient (Wildman–Crippen LogP) is 3.83. The number of amides is 2. The Morgan fingerprint density at radius 1 is 1.08 bits per heavy atom. The van der Waals surface area contributed by atoms with E-state index >= 15 is 0 Å². The van der Waals surface area contributed by atoms with Crippen molar-refractivity contribution in [2.45, 2.75) is 32.7 Å². The number of benzene rings is 2. The second-order valence-corrected chi connectivity index (χ2v) is 6.45. The zero-order chi connectivity index (χ0) is 17.1. The summed E-state index contributed by atoms with van der Waals surface area (Å²) < 4.78 is 0. The number of carbonyl (C=O) groups excluding carboxylic acids is 2. The largest absolute Gasteiger partial charge is 0.346 e. The second kappa shape index (κ2) is 6.87. The zero-order valence-electron chi connectivity index (χ0n) is 14.0. The van der Waals surface area contributed by atoms with Crippen LogP contribution in [0.3, 0.4) is 0 Å². The van der Waals surface area contributed by atoms with Crippen molar-refractivity contribution in [2.75, 3.05) is 5.32 Å². The third kappa shape index (κ3) is 4.02. The molecule has 2 aromatic carbocycles. The highest BCUT2D eigenvalue weighted by atomic mass is 16.2. The van der Waals surface area contributed by atoms with Crippen molar-refractivity contribution in [3.63, 3.8) is 0 Å². The summed E-state index contributed by atoms with van der Waals surface area (Å²) in [5.74, 6) is 0.207. The first kappa shape index (κ1) is 16.2. The second-order valence-electron chi connectivity index (χ2n) is 6.45. The highest BCUT2D eigenvalue weighted by molar-refractivity contribution is 5.95. The van der Waals surface area contributed by atoms with E-state index in [0.29, 0.717) is 5.56 Å². The molecule has 0 saturated heterocycles. The molecule has 1 aliphatic carbocycles. The molecule has 3 rings (SSSR count). The molecule has 2 amide bonds. The molecule has 1 atom stereocenters. The minimum Gasteiger partial charge on any atom is -0.346 e. The summed E-state index contributed by atoms with van der Waals surface area (Å²) in [5, 5.41) is 5.92. The van der Waals surface area contributed by atoms with Crippen LogP contribution in [0.5, 0.6) is 0 Å². The Balaban J connectivity index is 1.61. The molecule has 4 heteroatoms. The lowest BCUT2D eigenvalue weighted by Gasteiger charge is -2.15. The highest BCUT2D eigenvalue weighted by Crippen LogP contribution is 2.30. The van der Waals surface area contributed by atoms with E-state index in [1.807, 2.05) is 62.4 Å². The predicted molar refractivity (Wildman–Crippen MR) is 94.9 cm³/mol. The van der Waals surface area contributed by atoms with Crippen LogP contribution in [-0.2, 0) is 4.79 Å². The van der Waals surface area contributed by atoms with E-state index in [1.54, 1.807) is 0 Å². The van der Waals surface area contributed by atoms with E-state index in [9.17, 15) is 9.59 Å². The van der Waals surface area contributed by atoms with E-state index in [-0.39, 0.29) is 23.8 Å². The van der Waals surface area contributed by atoms with Crippen LogP contribution < -0.4 is 10.6 Å². The maximum Gasteiger partial charge on any atom is 0.251 e. The molecule has 2 aromatic rings. The molecule has 0 heterocycles. The van der Waals surface area contributed by atoms with Gasteiger partial charge in [0.2, 0.25) is 5.91 Å². The van der Waals surface area contributed by atoms with E-state index in [2.05, 4.69) is 10.6 Å². The monoisotopic (exact) mass is 322 g/mol. The standard InChI is InChI=1S/C20H22N2O2/c1-13-4-3-5-17(12-13)20(24)21-14(2)15-8-10-18(11-9-15)22-19(23)16-6-7-16/h3-5,8-12,14,16H,6-7H2,1-2H3,(H,21,24)(H,22,23). The summed E-state index contributed by atoms with van der Waals surface area (Å²) in [6.07, 6.45) is 1.98. The summed E-state index contributed by atoms with van der Waals surface area (Å²) >= 11 is 0. The van der Waals surface area contributed by atoms with Gasteiger partial charge in [0.15, 0.2) is 0 Å². The molecule has 1 fully saturated rings. The Labute approximate surface area is 142 Å². The Bertz CT molecular complexity index is 748. The first-order valence-corrected chi connectivity index (χ1v) is 8.31. The summed E-state index contributed by atoms with van der Waals surface area (Å²) in [4.78, 5) is 24.1. The molecule has 1 saturated carbocycles. The molecule has 0 spiro atoms. The first-order chi connectivity index (χ1) is 11.5. The van der Waals surface area contributed by atoms with Crippen LogP contribution in [0.1, 0.15) is 47.3 Å². The molecular weight excluding hydrogens is 300 g/mol. The van der Waals surface area contributed by atoms with Gasteiger partial charge in [-0.15, -0.1) is 0 Å². The van der Waals surface area contributed by atoms with Crippen molar-refractivity contribution >= 4 is 17.5 Å². The number of hydrogen-bond acceptors (Lipinski definition) is 2. The fraction of sp³-hybridized carbons (Fsp3) is 0.300. The SMILES string of the molecule is Cc1cccc(C(=O)NC(C)c2ccc(NC(=O)C3CC3)cc2)c1. The van der Waals surface area contributed by atoms with Crippen LogP contribution in [0.15, 0.2) is 48.5 Å². The number of rotatable bonds is 5. The van der Waals surface area contributed by atoms with Crippen LogP contribution in [-0.4, -0.2) is 11.8 Å². The van der Waals surface area contributed by atoms with Crippen molar-refractivity contribution in [2.24, 2.45) is 5.92 Å². The van der Waals surface area contributed by atoms with Crippen molar-refractivity contribution < 1.29 is 9.59 Å². The fourth-order valence-corrected chi connectivity index (χ4v) is 2.59. The van der Waals surface area contributed by atoms with Crippen molar-refractivity contribution in [1.29, 1.82) is 0 Å².